The van der Waals surface area contributed by atoms with Crippen molar-refractivity contribution in [1.82, 2.24) is 10.9 Å². The maximum atomic E-state index is 11.7. The second-order valence-corrected chi connectivity index (χ2v) is 5.48. The zero-order valence-electron chi connectivity index (χ0n) is 11.3. The summed E-state index contributed by atoms with van der Waals surface area (Å²) in [6, 6.07) is 3.88. The van der Waals surface area contributed by atoms with E-state index in [1.165, 1.54) is 0 Å². The van der Waals surface area contributed by atoms with Gasteiger partial charge in [-0.1, -0.05) is 6.07 Å². The molecule has 6 nitrogen and oxygen atoms in total. The van der Waals surface area contributed by atoms with Crippen LogP contribution in [-0.4, -0.2) is 23.2 Å². The Morgan fingerprint density at radius 1 is 1.60 bits per heavy atom. The van der Waals surface area contributed by atoms with E-state index < -0.39 is 0 Å². The molecule has 2 N–H and O–H groups in total. The number of thiophene rings is 1. The molecular formula is C13H16N4O2S. The quantitative estimate of drug-likeness (QED) is 0.636. The molecule has 2 amide bonds. The molecule has 20 heavy (non-hydrogen) atoms. The van der Waals surface area contributed by atoms with E-state index >= 15 is 0 Å². The molecule has 1 aliphatic rings. The van der Waals surface area contributed by atoms with Crippen molar-refractivity contribution in [3.63, 3.8) is 0 Å². The minimum Gasteiger partial charge on any atom is -0.273 e. The zero-order chi connectivity index (χ0) is 14.5. The van der Waals surface area contributed by atoms with Gasteiger partial charge >= 0.3 is 0 Å². The second kappa shape index (κ2) is 6.42. The molecule has 0 unspecified atom stereocenters. The van der Waals surface area contributed by atoms with E-state index in [9.17, 15) is 9.59 Å². The number of nitrogens with zero attached hydrogens (tertiary/aromatic N) is 2. The van der Waals surface area contributed by atoms with Crippen molar-refractivity contribution in [3.05, 3.63) is 22.4 Å². The zero-order valence-corrected chi connectivity index (χ0v) is 12.2. The predicted octanol–water partition coefficient (Wildman–Crippen LogP) is 1.49. The highest BCUT2D eigenvalue weighted by atomic mass is 32.1. The molecule has 0 aromatic carbocycles. The molecule has 0 spiro atoms. The van der Waals surface area contributed by atoms with Crippen molar-refractivity contribution in [2.75, 3.05) is 0 Å². The van der Waals surface area contributed by atoms with Crippen molar-refractivity contribution in [2.45, 2.75) is 26.7 Å². The molecule has 0 saturated carbocycles. The summed E-state index contributed by atoms with van der Waals surface area (Å²) in [5, 5.41) is 9.85. The lowest BCUT2D eigenvalue weighted by molar-refractivity contribution is -0.123. The highest BCUT2D eigenvalue weighted by Gasteiger charge is 2.26. The van der Waals surface area contributed by atoms with Gasteiger partial charge in [0.1, 0.15) is 0 Å². The molecule has 0 radical (unpaired) electrons. The van der Waals surface area contributed by atoms with Crippen LogP contribution in [0, 0.1) is 5.92 Å². The Labute approximate surface area is 121 Å². The minimum absolute atomic E-state index is 0.145. The van der Waals surface area contributed by atoms with E-state index in [-0.39, 0.29) is 24.2 Å². The van der Waals surface area contributed by atoms with Gasteiger partial charge in [0.15, 0.2) is 0 Å². The number of carbonyl (C=O) groups is 2. The van der Waals surface area contributed by atoms with Crippen LogP contribution in [0.2, 0.25) is 0 Å². The third-order valence-corrected chi connectivity index (χ3v) is 4.03. The summed E-state index contributed by atoms with van der Waals surface area (Å²) < 4.78 is 0. The van der Waals surface area contributed by atoms with Gasteiger partial charge in [-0.25, -0.2) is 10.9 Å². The summed E-state index contributed by atoms with van der Waals surface area (Å²) in [6.45, 7) is 3.62. The van der Waals surface area contributed by atoms with E-state index in [2.05, 4.69) is 21.1 Å². The Morgan fingerprint density at radius 2 is 2.40 bits per heavy atom. The highest BCUT2D eigenvalue weighted by Crippen LogP contribution is 2.13. The number of amides is 2. The first kappa shape index (κ1) is 14.4. The molecule has 7 heteroatoms. The van der Waals surface area contributed by atoms with Crippen LogP contribution in [0.15, 0.2) is 27.7 Å². The summed E-state index contributed by atoms with van der Waals surface area (Å²) in [7, 11) is 0. The SMILES string of the molecule is CC1=NNC(=O)[C@@H]1CCC(=O)N/N=C(/C)c1cccs1. The van der Waals surface area contributed by atoms with Gasteiger partial charge in [-0.15, -0.1) is 11.3 Å². The lowest BCUT2D eigenvalue weighted by atomic mass is 9.99. The van der Waals surface area contributed by atoms with Gasteiger partial charge in [0, 0.05) is 17.0 Å². The van der Waals surface area contributed by atoms with Gasteiger partial charge in [0.2, 0.25) is 11.8 Å². The first-order valence-corrected chi connectivity index (χ1v) is 7.17. The van der Waals surface area contributed by atoms with Gasteiger partial charge in [0.05, 0.1) is 11.6 Å². The van der Waals surface area contributed by atoms with Crippen molar-refractivity contribution in [2.24, 2.45) is 16.1 Å². The first-order chi connectivity index (χ1) is 9.58. The monoisotopic (exact) mass is 292 g/mol. The van der Waals surface area contributed by atoms with E-state index in [1.54, 1.807) is 18.3 Å². The highest BCUT2D eigenvalue weighted by molar-refractivity contribution is 7.12. The third-order valence-electron chi connectivity index (χ3n) is 3.05. The summed E-state index contributed by atoms with van der Waals surface area (Å²) in [6.07, 6.45) is 0.687. The molecule has 106 valence electrons. The number of hydrogen-bond acceptors (Lipinski definition) is 5. The summed E-state index contributed by atoms with van der Waals surface area (Å²) in [5.41, 5.74) is 6.40. The van der Waals surface area contributed by atoms with Crippen LogP contribution < -0.4 is 10.9 Å². The minimum atomic E-state index is -0.303. The number of rotatable bonds is 5. The van der Waals surface area contributed by atoms with E-state index in [1.807, 2.05) is 24.4 Å². The maximum Gasteiger partial charge on any atom is 0.248 e. The fraction of sp³-hybridized carbons (Fsp3) is 0.385. The molecular weight excluding hydrogens is 276 g/mol. The fourth-order valence-corrected chi connectivity index (χ4v) is 2.52. The van der Waals surface area contributed by atoms with Gasteiger partial charge in [-0.2, -0.15) is 10.2 Å². The number of carbonyl (C=O) groups excluding carboxylic acids is 2. The molecule has 1 aliphatic heterocycles. The average molecular weight is 292 g/mol. The summed E-state index contributed by atoms with van der Waals surface area (Å²) >= 11 is 1.57. The van der Waals surface area contributed by atoms with E-state index in [0.29, 0.717) is 6.42 Å². The topological polar surface area (TPSA) is 82.9 Å². The van der Waals surface area contributed by atoms with Gasteiger partial charge in [0.25, 0.3) is 0 Å². The number of hydrogen-bond donors (Lipinski definition) is 2. The van der Waals surface area contributed by atoms with Gasteiger partial charge in [-0.05, 0) is 31.7 Å². The largest absolute Gasteiger partial charge is 0.273 e. The van der Waals surface area contributed by atoms with Gasteiger partial charge in [-0.3, -0.25) is 9.59 Å². The first-order valence-electron chi connectivity index (χ1n) is 6.29. The van der Waals surface area contributed by atoms with Crippen LogP contribution >= 0.6 is 11.3 Å². The molecule has 2 rings (SSSR count). The van der Waals surface area contributed by atoms with Crippen molar-refractivity contribution >= 4 is 34.6 Å². The van der Waals surface area contributed by atoms with Gasteiger partial charge < -0.3 is 0 Å². The van der Waals surface area contributed by atoms with E-state index in [0.717, 1.165) is 16.3 Å². The Hall–Kier alpha value is -2.02. The molecule has 1 aromatic rings. The smallest absolute Gasteiger partial charge is 0.248 e. The number of hydrazone groups is 2. The third kappa shape index (κ3) is 3.51. The lowest BCUT2D eigenvalue weighted by Crippen LogP contribution is -2.25. The average Bonchev–Trinajstić information content (AvgIpc) is 3.05. The van der Waals surface area contributed by atoms with Crippen LogP contribution in [0.1, 0.15) is 31.6 Å². The van der Waals surface area contributed by atoms with Crippen LogP contribution in [0.25, 0.3) is 0 Å². The second-order valence-electron chi connectivity index (χ2n) is 4.53. The van der Waals surface area contributed by atoms with E-state index in [4.69, 9.17) is 0 Å². The maximum absolute atomic E-state index is 11.7. The normalized spacial score (nSPS) is 18.7. The number of nitrogens with one attached hydrogen (secondary N) is 2. The Bertz CT molecular complexity index is 563. The molecule has 0 fully saturated rings. The van der Waals surface area contributed by atoms with Crippen molar-refractivity contribution in [3.8, 4) is 0 Å². The van der Waals surface area contributed by atoms with Crippen LogP contribution in [0.3, 0.4) is 0 Å². The molecule has 0 aliphatic carbocycles. The molecule has 1 aromatic heterocycles. The predicted molar refractivity (Wildman–Crippen MR) is 78.6 cm³/mol. The Balaban J connectivity index is 1.80. The van der Waals surface area contributed by atoms with Crippen LogP contribution in [0.5, 0.6) is 0 Å². The van der Waals surface area contributed by atoms with Crippen molar-refractivity contribution < 1.29 is 9.59 Å². The summed E-state index contributed by atoms with van der Waals surface area (Å²) in [5.74, 6) is -0.648. The fourth-order valence-electron chi connectivity index (χ4n) is 1.85. The molecule has 0 saturated heterocycles. The summed E-state index contributed by atoms with van der Waals surface area (Å²) in [4.78, 5) is 24.2. The Kier molecular flexibility index (Phi) is 4.62. The standard InChI is InChI=1S/C13H16N4O2S/c1-8-10(13(19)17-14-8)5-6-12(18)16-15-9(2)11-4-3-7-20-11/h3-4,7,10H,5-6H2,1-2H3,(H,16,18)(H,17,19)/b15-9-/t10-/m1/s1. The molecule has 2 heterocycles. The van der Waals surface area contributed by atoms with Crippen LogP contribution in [0.4, 0.5) is 0 Å². The Morgan fingerprint density at radius 3 is 3.00 bits per heavy atom. The van der Waals surface area contributed by atoms with Crippen LogP contribution in [-0.2, 0) is 9.59 Å². The lowest BCUT2D eigenvalue weighted by Gasteiger charge is -2.06. The molecule has 1 atom stereocenters. The van der Waals surface area contributed by atoms with Crippen molar-refractivity contribution in [1.29, 1.82) is 0 Å². The molecule has 0 bridgehead atoms.